The summed E-state index contributed by atoms with van der Waals surface area (Å²) in [4.78, 5) is 2.77. The molecule has 7 aliphatic rings. The maximum atomic E-state index is 7.60. The fourth-order valence-corrected chi connectivity index (χ4v) is 14.3. The molecule has 0 amide bonds. The molecule has 0 N–H and O–H groups in total. The second kappa shape index (κ2) is 13.4. The monoisotopic (exact) mass is 823 g/mol. The van der Waals surface area contributed by atoms with Crippen LogP contribution in [0.1, 0.15) is 132 Å². The lowest BCUT2D eigenvalue weighted by Crippen LogP contribution is -2.62. The van der Waals surface area contributed by atoms with Gasteiger partial charge in [0.25, 0.3) is 0 Å². The van der Waals surface area contributed by atoms with Crippen molar-refractivity contribution in [1.29, 1.82) is 0 Å². The van der Waals surface area contributed by atoms with Crippen LogP contribution >= 0.6 is 0 Å². The molecule has 3 heterocycles. The SMILES string of the molecule is CC12Oc3ccccc3C1=CC1(C)C3=C2C2(C)C(=CC3(C)N(c3ccc(-c4ccccc4)cc3C3CCCCC3)c3ccc4ccccc4c31)Oc1c(C3CCCCC3)cccc12. The van der Waals surface area contributed by atoms with Crippen LogP contribution in [-0.4, -0.2) is 11.1 Å². The molecule has 0 bridgehead atoms. The maximum Gasteiger partial charge on any atom is 0.154 e. The van der Waals surface area contributed by atoms with Crippen LogP contribution in [0.4, 0.5) is 11.4 Å². The first-order valence-corrected chi connectivity index (χ1v) is 24.1. The minimum absolute atomic E-state index is 0.473. The van der Waals surface area contributed by atoms with Gasteiger partial charge in [0, 0.05) is 33.5 Å². The van der Waals surface area contributed by atoms with Crippen molar-refractivity contribution in [1.82, 2.24) is 0 Å². The number of fused-ring (bicyclic) bond motifs is 12. The van der Waals surface area contributed by atoms with Gasteiger partial charge in [0.1, 0.15) is 17.3 Å². The minimum Gasteiger partial charge on any atom is -0.478 e. The zero-order valence-electron chi connectivity index (χ0n) is 37.3. The van der Waals surface area contributed by atoms with Crippen LogP contribution in [0.3, 0.4) is 0 Å². The molecule has 13 rings (SSSR count). The minimum atomic E-state index is -0.739. The molecule has 6 aromatic rings. The Hall–Kier alpha value is -5.80. The van der Waals surface area contributed by atoms with Gasteiger partial charge in [-0.05, 0) is 145 Å². The van der Waals surface area contributed by atoms with Crippen LogP contribution in [-0.2, 0) is 10.8 Å². The smallest absolute Gasteiger partial charge is 0.154 e. The number of hydrogen-bond acceptors (Lipinski definition) is 3. The van der Waals surface area contributed by atoms with E-state index in [1.165, 1.54) is 142 Å². The van der Waals surface area contributed by atoms with E-state index in [4.69, 9.17) is 9.47 Å². The molecular formula is C60H57NO2. The molecule has 4 unspecified atom stereocenters. The Labute approximate surface area is 373 Å². The highest BCUT2D eigenvalue weighted by atomic mass is 16.5. The third-order valence-corrected chi connectivity index (χ3v) is 17.0. The van der Waals surface area contributed by atoms with E-state index < -0.39 is 22.0 Å². The quantitative estimate of drug-likeness (QED) is 0.165. The molecule has 314 valence electrons. The molecule has 0 saturated heterocycles. The highest BCUT2D eigenvalue weighted by molar-refractivity contribution is 6.00. The predicted molar refractivity (Wildman–Crippen MR) is 258 cm³/mol. The van der Waals surface area contributed by atoms with Crippen molar-refractivity contribution < 1.29 is 9.47 Å². The fraction of sp³-hybridized carbons (Fsp3) is 0.333. The Morgan fingerprint density at radius 2 is 1.27 bits per heavy atom. The predicted octanol–water partition coefficient (Wildman–Crippen LogP) is 15.6. The third-order valence-electron chi connectivity index (χ3n) is 17.0. The van der Waals surface area contributed by atoms with Crippen LogP contribution in [0, 0.1) is 0 Å². The number of hydrogen-bond donors (Lipinski definition) is 0. The van der Waals surface area contributed by atoms with Crippen molar-refractivity contribution in [2.24, 2.45) is 0 Å². The lowest BCUT2D eigenvalue weighted by molar-refractivity contribution is 0.174. The highest BCUT2D eigenvalue weighted by Crippen LogP contribution is 2.71. The van der Waals surface area contributed by atoms with E-state index in [1.807, 2.05) is 0 Å². The van der Waals surface area contributed by atoms with Gasteiger partial charge in [-0.25, -0.2) is 0 Å². The molecule has 6 aromatic carbocycles. The topological polar surface area (TPSA) is 21.7 Å². The van der Waals surface area contributed by atoms with Gasteiger partial charge in [-0.3, -0.25) is 0 Å². The molecule has 4 atom stereocenters. The molecule has 4 aliphatic carbocycles. The first kappa shape index (κ1) is 37.7. The number of rotatable bonds is 4. The van der Waals surface area contributed by atoms with Crippen molar-refractivity contribution in [3.05, 3.63) is 184 Å². The molecule has 3 nitrogen and oxygen atoms in total. The second-order valence-corrected chi connectivity index (χ2v) is 20.6. The van der Waals surface area contributed by atoms with Crippen molar-refractivity contribution in [2.45, 2.75) is 126 Å². The van der Waals surface area contributed by atoms with E-state index in [2.05, 4.69) is 172 Å². The molecular weight excluding hydrogens is 767 g/mol. The van der Waals surface area contributed by atoms with Crippen molar-refractivity contribution in [3.8, 4) is 22.6 Å². The Morgan fingerprint density at radius 1 is 0.571 bits per heavy atom. The number of para-hydroxylation sites is 2. The standard InChI is InChI=1S/C60H57NO2/c1-57-36-48-45-27-16-17-30-51(45)63-60(48,4)56-55(57)58(2,37-52-59(56,3)47-29-18-28-44(54(47)62-52)39-21-10-6-11-22-39)61(50-34-31-41-25-14-15-26-43(41)53(50)57)49-33-32-42(38-19-8-5-9-20-38)35-46(49)40-23-12-7-13-24-40/h5,8-9,14-20,25-37,39-40H,6-7,10-13,21-24H2,1-4H3. The van der Waals surface area contributed by atoms with E-state index in [-0.39, 0.29) is 0 Å². The number of nitrogens with zero attached hydrogens (tertiary/aromatic N) is 1. The van der Waals surface area contributed by atoms with Crippen LogP contribution in [0.5, 0.6) is 11.5 Å². The Morgan fingerprint density at radius 3 is 2.06 bits per heavy atom. The van der Waals surface area contributed by atoms with Gasteiger partial charge in [0.05, 0.1) is 11.0 Å². The summed E-state index contributed by atoms with van der Waals surface area (Å²) in [5, 5.41) is 2.58. The lowest BCUT2D eigenvalue weighted by atomic mass is 9.49. The normalized spacial score (nSPS) is 28.2. The van der Waals surface area contributed by atoms with Crippen LogP contribution < -0.4 is 14.4 Å². The van der Waals surface area contributed by atoms with Crippen LogP contribution in [0.25, 0.3) is 27.5 Å². The lowest BCUT2D eigenvalue weighted by Gasteiger charge is -2.61. The first-order chi connectivity index (χ1) is 30.7. The third kappa shape index (κ3) is 5.03. The van der Waals surface area contributed by atoms with Gasteiger partial charge >= 0.3 is 0 Å². The van der Waals surface area contributed by atoms with Gasteiger partial charge in [-0.1, -0.05) is 148 Å². The molecule has 0 aromatic heterocycles. The zero-order chi connectivity index (χ0) is 42.3. The summed E-state index contributed by atoms with van der Waals surface area (Å²) in [5.74, 6) is 4.08. The van der Waals surface area contributed by atoms with E-state index in [0.29, 0.717) is 11.8 Å². The number of benzene rings is 6. The molecule has 63 heavy (non-hydrogen) atoms. The molecule has 0 spiro atoms. The van der Waals surface area contributed by atoms with E-state index in [0.717, 1.165) is 17.3 Å². The molecule has 2 saturated carbocycles. The molecule has 3 heteroatoms. The van der Waals surface area contributed by atoms with Crippen LogP contribution in [0.15, 0.2) is 156 Å². The number of ether oxygens (including phenoxy) is 2. The number of anilines is 2. The summed E-state index contributed by atoms with van der Waals surface area (Å²) in [6, 6.07) is 48.2. The summed E-state index contributed by atoms with van der Waals surface area (Å²) in [7, 11) is 0. The van der Waals surface area contributed by atoms with Gasteiger partial charge in [0.15, 0.2) is 5.60 Å². The molecule has 0 radical (unpaired) electrons. The summed E-state index contributed by atoms with van der Waals surface area (Å²) in [5.41, 5.74) is 13.5. The highest BCUT2D eigenvalue weighted by Gasteiger charge is 2.67. The Bertz CT molecular complexity index is 3000. The maximum absolute atomic E-state index is 7.60. The van der Waals surface area contributed by atoms with E-state index in [9.17, 15) is 0 Å². The zero-order valence-corrected chi connectivity index (χ0v) is 37.3. The number of allylic oxidation sites excluding steroid dienone is 2. The van der Waals surface area contributed by atoms with Gasteiger partial charge in [-0.15, -0.1) is 0 Å². The van der Waals surface area contributed by atoms with Gasteiger partial charge in [0.2, 0.25) is 0 Å². The molecule has 3 aliphatic heterocycles. The summed E-state index contributed by atoms with van der Waals surface area (Å²) in [6.07, 6.45) is 17.8. The summed E-state index contributed by atoms with van der Waals surface area (Å²) in [6.45, 7) is 9.90. The average Bonchev–Trinajstić information content (AvgIpc) is 3.78. The largest absolute Gasteiger partial charge is 0.478 e. The summed E-state index contributed by atoms with van der Waals surface area (Å²) >= 11 is 0. The summed E-state index contributed by atoms with van der Waals surface area (Å²) < 4.78 is 15.1. The fourth-order valence-electron chi connectivity index (χ4n) is 14.3. The van der Waals surface area contributed by atoms with Crippen molar-refractivity contribution in [2.75, 3.05) is 4.90 Å². The van der Waals surface area contributed by atoms with Gasteiger partial charge in [-0.2, -0.15) is 0 Å². The van der Waals surface area contributed by atoms with E-state index >= 15 is 0 Å². The molecule has 2 fully saturated rings. The Kier molecular flexibility index (Phi) is 8.00. The first-order valence-electron chi connectivity index (χ1n) is 24.1. The van der Waals surface area contributed by atoms with Crippen molar-refractivity contribution >= 4 is 27.7 Å². The Balaban J connectivity index is 1.16. The average molecular weight is 824 g/mol. The second-order valence-electron chi connectivity index (χ2n) is 20.6. The van der Waals surface area contributed by atoms with E-state index in [1.54, 1.807) is 0 Å². The van der Waals surface area contributed by atoms with Gasteiger partial charge < -0.3 is 14.4 Å². The van der Waals surface area contributed by atoms with Crippen molar-refractivity contribution in [3.63, 3.8) is 0 Å². The van der Waals surface area contributed by atoms with Crippen LogP contribution in [0.2, 0.25) is 0 Å².